The Morgan fingerprint density at radius 1 is 1.05 bits per heavy atom. The minimum atomic E-state index is 0.542. The molecule has 1 aliphatic carbocycles. The van der Waals surface area contributed by atoms with Crippen LogP contribution in [0.4, 0.5) is 5.82 Å². The van der Waals surface area contributed by atoms with Gasteiger partial charge < -0.3 is 5.73 Å². The largest absolute Gasteiger partial charge is 0.383 e. The van der Waals surface area contributed by atoms with Crippen LogP contribution < -0.4 is 5.73 Å². The highest BCUT2D eigenvalue weighted by Gasteiger charge is 2.23. The third kappa shape index (κ3) is 3.43. The molecule has 3 rings (SSSR count). The first kappa shape index (κ1) is 14.5. The standard InChI is InChI=1S/C17H20BrN3/c18-15-16(13-8-4-5-9-13)20-14(21-17(15)19)11-10-12-6-2-1-3-7-12/h1-3,6-7,13H,4-5,8-11H2,(H2,19,20,21). The monoisotopic (exact) mass is 345 g/mol. The maximum atomic E-state index is 6.06. The van der Waals surface area contributed by atoms with Gasteiger partial charge in [-0.1, -0.05) is 43.2 Å². The predicted molar refractivity (Wildman–Crippen MR) is 89.2 cm³/mol. The van der Waals surface area contributed by atoms with E-state index in [0.29, 0.717) is 11.7 Å². The van der Waals surface area contributed by atoms with Crippen molar-refractivity contribution in [3.05, 3.63) is 51.9 Å². The zero-order valence-corrected chi connectivity index (χ0v) is 13.6. The van der Waals surface area contributed by atoms with E-state index in [1.165, 1.54) is 31.2 Å². The molecule has 0 bridgehead atoms. The second-order valence-electron chi connectivity index (χ2n) is 5.69. The summed E-state index contributed by atoms with van der Waals surface area (Å²) in [6, 6.07) is 10.4. The van der Waals surface area contributed by atoms with E-state index in [4.69, 9.17) is 10.7 Å². The summed E-state index contributed by atoms with van der Waals surface area (Å²) in [6.07, 6.45) is 6.80. The summed E-state index contributed by atoms with van der Waals surface area (Å²) in [5.74, 6) is 1.98. The molecule has 2 N–H and O–H groups in total. The molecule has 1 heterocycles. The Hall–Kier alpha value is -1.42. The molecular weight excluding hydrogens is 326 g/mol. The summed E-state index contributed by atoms with van der Waals surface area (Å²) in [6.45, 7) is 0. The summed E-state index contributed by atoms with van der Waals surface area (Å²) in [4.78, 5) is 9.23. The van der Waals surface area contributed by atoms with Gasteiger partial charge in [-0.15, -0.1) is 0 Å². The minimum absolute atomic E-state index is 0.542. The second kappa shape index (κ2) is 6.56. The fourth-order valence-corrected chi connectivity index (χ4v) is 3.52. The highest BCUT2D eigenvalue weighted by molar-refractivity contribution is 9.10. The molecule has 1 aromatic heterocycles. The molecule has 0 amide bonds. The summed E-state index contributed by atoms with van der Waals surface area (Å²) < 4.78 is 0.901. The number of hydrogen-bond donors (Lipinski definition) is 1. The SMILES string of the molecule is Nc1nc(CCc2ccccc2)nc(C2CCCC2)c1Br. The molecule has 0 unspecified atom stereocenters. The Balaban J connectivity index is 1.79. The van der Waals surface area contributed by atoms with E-state index in [2.05, 4.69) is 45.2 Å². The smallest absolute Gasteiger partial charge is 0.141 e. The van der Waals surface area contributed by atoms with Crippen molar-refractivity contribution in [2.45, 2.75) is 44.4 Å². The highest BCUT2D eigenvalue weighted by atomic mass is 79.9. The molecule has 1 fully saturated rings. The van der Waals surface area contributed by atoms with Crippen LogP contribution in [0.3, 0.4) is 0 Å². The van der Waals surface area contributed by atoms with Crippen molar-refractivity contribution in [1.29, 1.82) is 0 Å². The van der Waals surface area contributed by atoms with Crippen LogP contribution in [-0.4, -0.2) is 9.97 Å². The van der Waals surface area contributed by atoms with E-state index in [9.17, 15) is 0 Å². The van der Waals surface area contributed by atoms with Crippen LogP contribution in [0.2, 0.25) is 0 Å². The fraction of sp³-hybridized carbons (Fsp3) is 0.412. The number of rotatable bonds is 4. The molecule has 1 aliphatic rings. The van der Waals surface area contributed by atoms with Gasteiger partial charge in [0.2, 0.25) is 0 Å². The Morgan fingerprint density at radius 2 is 1.76 bits per heavy atom. The van der Waals surface area contributed by atoms with E-state index in [1.807, 2.05) is 6.07 Å². The highest BCUT2D eigenvalue weighted by Crippen LogP contribution is 2.38. The molecule has 1 saturated carbocycles. The molecule has 0 saturated heterocycles. The zero-order valence-electron chi connectivity index (χ0n) is 12.1. The topological polar surface area (TPSA) is 51.8 Å². The van der Waals surface area contributed by atoms with E-state index in [0.717, 1.165) is 28.8 Å². The summed E-state index contributed by atoms with van der Waals surface area (Å²) in [7, 11) is 0. The molecule has 1 aromatic carbocycles. The van der Waals surface area contributed by atoms with Crippen LogP contribution in [0.1, 0.15) is 48.7 Å². The number of anilines is 1. The maximum absolute atomic E-state index is 6.06. The zero-order chi connectivity index (χ0) is 14.7. The van der Waals surface area contributed by atoms with Crippen LogP contribution in [0.15, 0.2) is 34.8 Å². The molecular formula is C17H20BrN3. The van der Waals surface area contributed by atoms with E-state index < -0.39 is 0 Å². The van der Waals surface area contributed by atoms with Gasteiger partial charge in [0.15, 0.2) is 0 Å². The maximum Gasteiger partial charge on any atom is 0.141 e. The molecule has 0 spiro atoms. The number of aromatic nitrogens is 2. The summed E-state index contributed by atoms with van der Waals surface area (Å²) in [5, 5.41) is 0. The van der Waals surface area contributed by atoms with Crippen molar-refractivity contribution in [2.75, 3.05) is 5.73 Å². The number of nitrogens with zero attached hydrogens (tertiary/aromatic N) is 2. The van der Waals surface area contributed by atoms with E-state index in [1.54, 1.807) is 0 Å². The van der Waals surface area contributed by atoms with Gasteiger partial charge in [-0.25, -0.2) is 9.97 Å². The Morgan fingerprint density at radius 3 is 2.48 bits per heavy atom. The first-order valence-electron chi connectivity index (χ1n) is 7.60. The minimum Gasteiger partial charge on any atom is -0.383 e. The van der Waals surface area contributed by atoms with Gasteiger partial charge in [-0.2, -0.15) is 0 Å². The van der Waals surface area contributed by atoms with Crippen LogP contribution >= 0.6 is 15.9 Å². The lowest BCUT2D eigenvalue weighted by Gasteiger charge is -2.14. The number of hydrogen-bond acceptors (Lipinski definition) is 3. The normalized spacial score (nSPS) is 15.5. The molecule has 3 nitrogen and oxygen atoms in total. The third-order valence-corrected chi connectivity index (χ3v) is 4.98. The van der Waals surface area contributed by atoms with Crippen LogP contribution in [0.25, 0.3) is 0 Å². The Labute approximate surface area is 134 Å². The van der Waals surface area contributed by atoms with Crippen molar-refractivity contribution in [3.63, 3.8) is 0 Å². The number of halogens is 1. The summed E-state index contributed by atoms with van der Waals surface area (Å²) >= 11 is 3.57. The van der Waals surface area contributed by atoms with Gasteiger partial charge in [0.05, 0.1) is 10.2 Å². The molecule has 0 atom stereocenters. The molecule has 110 valence electrons. The van der Waals surface area contributed by atoms with Gasteiger partial charge in [0, 0.05) is 12.3 Å². The Kier molecular flexibility index (Phi) is 4.54. The lowest BCUT2D eigenvalue weighted by atomic mass is 10.0. The van der Waals surface area contributed by atoms with Gasteiger partial charge in [0.25, 0.3) is 0 Å². The third-order valence-electron chi connectivity index (χ3n) is 4.17. The van der Waals surface area contributed by atoms with Crippen molar-refractivity contribution in [2.24, 2.45) is 0 Å². The van der Waals surface area contributed by atoms with Gasteiger partial charge in [0.1, 0.15) is 11.6 Å². The number of nitrogens with two attached hydrogens (primary N) is 1. The summed E-state index contributed by atoms with van der Waals surface area (Å²) in [5.41, 5.74) is 8.48. The average molecular weight is 346 g/mol. The predicted octanol–water partition coefficient (Wildman–Crippen LogP) is 4.26. The average Bonchev–Trinajstić information content (AvgIpc) is 3.03. The number of nitrogen functional groups attached to an aromatic ring is 1. The van der Waals surface area contributed by atoms with Crippen LogP contribution in [0.5, 0.6) is 0 Å². The van der Waals surface area contributed by atoms with Gasteiger partial charge in [-0.3, -0.25) is 0 Å². The lowest BCUT2D eigenvalue weighted by molar-refractivity contribution is 0.677. The quantitative estimate of drug-likeness (QED) is 0.900. The van der Waals surface area contributed by atoms with Crippen molar-refractivity contribution < 1.29 is 0 Å². The molecule has 21 heavy (non-hydrogen) atoms. The fourth-order valence-electron chi connectivity index (χ4n) is 3.01. The molecule has 0 radical (unpaired) electrons. The lowest BCUT2D eigenvalue weighted by Crippen LogP contribution is -2.09. The molecule has 2 aromatic rings. The first-order valence-corrected chi connectivity index (χ1v) is 8.39. The molecule has 4 heteroatoms. The number of benzene rings is 1. The van der Waals surface area contributed by atoms with E-state index in [-0.39, 0.29) is 0 Å². The van der Waals surface area contributed by atoms with Gasteiger partial charge in [-0.05, 0) is 40.8 Å². The van der Waals surface area contributed by atoms with Crippen molar-refractivity contribution in [1.82, 2.24) is 9.97 Å². The van der Waals surface area contributed by atoms with Crippen LogP contribution in [-0.2, 0) is 12.8 Å². The molecule has 0 aliphatic heterocycles. The van der Waals surface area contributed by atoms with Crippen molar-refractivity contribution in [3.8, 4) is 0 Å². The Bertz CT molecular complexity index is 607. The van der Waals surface area contributed by atoms with Crippen molar-refractivity contribution >= 4 is 21.7 Å². The number of aryl methyl sites for hydroxylation is 2. The van der Waals surface area contributed by atoms with Crippen LogP contribution in [0, 0.1) is 0 Å². The van der Waals surface area contributed by atoms with E-state index >= 15 is 0 Å². The second-order valence-corrected chi connectivity index (χ2v) is 6.48. The van der Waals surface area contributed by atoms with Gasteiger partial charge >= 0.3 is 0 Å². The first-order chi connectivity index (χ1) is 10.2.